The molecule has 0 spiro atoms. The molecule has 2 unspecified atom stereocenters. The Hall–Kier alpha value is -0.940. The van der Waals surface area contributed by atoms with E-state index in [9.17, 15) is 5.11 Å². The van der Waals surface area contributed by atoms with Gasteiger partial charge in [0.2, 0.25) is 0 Å². The van der Waals surface area contributed by atoms with Crippen LogP contribution in [0.15, 0.2) is 0 Å². The molecule has 0 amide bonds. The zero-order valence-electron chi connectivity index (χ0n) is 11.9. The van der Waals surface area contributed by atoms with Crippen molar-refractivity contribution in [3.63, 3.8) is 0 Å². The van der Waals surface area contributed by atoms with Gasteiger partial charge in [-0.25, -0.2) is 0 Å². The Labute approximate surface area is 114 Å². The number of aromatic nitrogens is 3. The van der Waals surface area contributed by atoms with E-state index in [2.05, 4.69) is 33.5 Å². The Balaban J connectivity index is 1.80. The molecule has 1 aromatic rings. The van der Waals surface area contributed by atoms with Gasteiger partial charge in [-0.3, -0.25) is 0 Å². The van der Waals surface area contributed by atoms with Crippen LogP contribution in [0.1, 0.15) is 50.7 Å². The van der Waals surface area contributed by atoms with Crippen molar-refractivity contribution >= 4 is 0 Å². The van der Waals surface area contributed by atoms with Gasteiger partial charge in [0.05, 0.1) is 12.6 Å². The average Bonchev–Trinajstić information content (AvgIpc) is 2.81. The summed E-state index contributed by atoms with van der Waals surface area (Å²) >= 11 is 0. The van der Waals surface area contributed by atoms with Gasteiger partial charge in [0, 0.05) is 24.9 Å². The summed E-state index contributed by atoms with van der Waals surface area (Å²) in [7, 11) is 0. The summed E-state index contributed by atoms with van der Waals surface area (Å²) in [5, 5.41) is 18.6. The van der Waals surface area contributed by atoms with Crippen LogP contribution in [0.5, 0.6) is 0 Å². The van der Waals surface area contributed by atoms with Gasteiger partial charge in [-0.2, -0.15) is 0 Å². The van der Waals surface area contributed by atoms with Crippen LogP contribution < -0.4 is 0 Å². The van der Waals surface area contributed by atoms with E-state index in [1.807, 2.05) is 0 Å². The highest BCUT2D eigenvalue weighted by atomic mass is 16.3. The van der Waals surface area contributed by atoms with Gasteiger partial charge in [-0.15, -0.1) is 10.2 Å². The van der Waals surface area contributed by atoms with Gasteiger partial charge in [-0.1, -0.05) is 0 Å². The Morgan fingerprint density at radius 2 is 2.05 bits per heavy atom. The second-order valence-corrected chi connectivity index (χ2v) is 6.21. The molecule has 1 N–H and O–H groups in total. The van der Waals surface area contributed by atoms with Crippen molar-refractivity contribution < 1.29 is 5.11 Å². The molecule has 3 rings (SSSR count). The predicted octanol–water partition coefficient (Wildman–Crippen LogP) is 1.17. The Morgan fingerprint density at radius 3 is 2.84 bits per heavy atom. The largest absolute Gasteiger partial charge is 0.391 e. The maximum absolute atomic E-state index is 9.85. The summed E-state index contributed by atoms with van der Waals surface area (Å²) in [6.45, 7) is 7.45. The number of hydrogen-bond donors (Lipinski definition) is 1. The molecule has 5 nitrogen and oxygen atoms in total. The van der Waals surface area contributed by atoms with Crippen LogP contribution in [0.4, 0.5) is 0 Å². The number of rotatable bonds is 2. The van der Waals surface area contributed by atoms with Crippen molar-refractivity contribution in [1.82, 2.24) is 19.7 Å². The Bertz CT molecular complexity index is 443. The fourth-order valence-electron chi connectivity index (χ4n) is 3.32. The van der Waals surface area contributed by atoms with E-state index >= 15 is 0 Å². The van der Waals surface area contributed by atoms with Gasteiger partial charge < -0.3 is 14.6 Å². The lowest BCUT2D eigenvalue weighted by molar-refractivity contribution is 0.124. The highest BCUT2D eigenvalue weighted by molar-refractivity contribution is 5.07. The highest BCUT2D eigenvalue weighted by Gasteiger charge is 2.29. The number of piperidine rings is 1. The van der Waals surface area contributed by atoms with Crippen LogP contribution in [0.3, 0.4) is 0 Å². The average molecular weight is 264 g/mol. The van der Waals surface area contributed by atoms with Crippen molar-refractivity contribution in [1.29, 1.82) is 0 Å². The molecule has 106 valence electrons. The van der Waals surface area contributed by atoms with Gasteiger partial charge in [0.1, 0.15) is 11.6 Å². The van der Waals surface area contributed by atoms with Crippen molar-refractivity contribution in [2.24, 2.45) is 0 Å². The molecule has 0 bridgehead atoms. The van der Waals surface area contributed by atoms with E-state index in [1.54, 1.807) is 0 Å². The molecule has 1 saturated heterocycles. The molecule has 1 fully saturated rings. The number of likely N-dealkylation sites (tertiary alicyclic amines) is 1. The molecule has 2 atom stereocenters. The van der Waals surface area contributed by atoms with Gasteiger partial charge in [-0.05, 0) is 39.7 Å². The molecule has 0 saturated carbocycles. The predicted molar refractivity (Wildman–Crippen MR) is 73.0 cm³/mol. The number of hydrogen-bond acceptors (Lipinski definition) is 4. The maximum atomic E-state index is 9.85. The molecule has 19 heavy (non-hydrogen) atoms. The second-order valence-electron chi connectivity index (χ2n) is 6.21. The third-order valence-corrected chi connectivity index (χ3v) is 4.50. The molecule has 0 radical (unpaired) electrons. The van der Waals surface area contributed by atoms with Gasteiger partial charge in [0.15, 0.2) is 0 Å². The summed E-state index contributed by atoms with van der Waals surface area (Å²) in [5.74, 6) is 2.63. The van der Waals surface area contributed by atoms with E-state index in [-0.39, 0.29) is 6.10 Å². The molecular weight excluding hydrogens is 240 g/mol. The van der Waals surface area contributed by atoms with Crippen molar-refractivity contribution in [2.75, 3.05) is 13.1 Å². The van der Waals surface area contributed by atoms with Gasteiger partial charge >= 0.3 is 0 Å². The van der Waals surface area contributed by atoms with Crippen LogP contribution in [0.25, 0.3) is 0 Å². The number of aliphatic hydroxyl groups excluding tert-OH is 1. The topological polar surface area (TPSA) is 54.2 Å². The number of nitrogens with zero attached hydrogens (tertiary/aromatic N) is 4. The Kier molecular flexibility index (Phi) is 3.58. The first-order chi connectivity index (χ1) is 9.15. The number of aryl methyl sites for hydroxylation is 1. The smallest absolute Gasteiger partial charge is 0.137 e. The second kappa shape index (κ2) is 5.21. The van der Waals surface area contributed by atoms with Crippen molar-refractivity contribution in [3.8, 4) is 0 Å². The molecule has 3 heterocycles. The lowest BCUT2D eigenvalue weighted by Crippen LogP contribution is -2.40. The minimum absolute atomic E-state index is 0.230. The highest BCUT2D eigenvalue weighted by Crippen LogP contribution is 2.28. The van der Waals surface area contributed by atoms with Crippen LogP contribution in [-0.2, 0) is 13.0 Å². The van der Waals surface area contributed by atoms with E-state index in [1.165, 1.54) is 19.4 Å². The van der Waals surface area contributed by atoms with Crippen molar-refractivity contribution in [3.05, 3.63) is 11.6 Å². The lowest BCUT2D eigenvalue weighted by atomic mass is 9.95. The van der Waals surface area contributed by atoms with Crippen LogP contribution in [0.2, 0.25) is 0 Å². The van der Waals surface area contributed by atoms with E-state index in [0.29, 0.717) is 18.5 Å². The zero-order valence-corrected chi connectivity index (χ0v) is 11.9. The minimum Gasteiger partial charge on any atom is -0.391 e. The lowest BCUT2D eigenvalue weighted by Gasteiger charge is -2.35. The first-order valence-electron chi connectivity index (χ1n) is 7.49. The maximum Gasteiger partial charge on any atom is 0.137 e. The standard InChI is InChI=1S/C14H24N4O/c1-10(2)17-7-3-4-11(8-17)14-16-15-13-6-5-12(19)9-18(13)14/h10-12,19H,3-9H2,1-2H3. The summed E-state index contributed by atoms with van der Waals surface area (Å²) in [5.41, 5.74) is 0. The summed E-state index contributed by atoms with van der Waals surface area (Å²) in [4.78, 5) is 2.52. The molecule has 2 aliphatic rings. The van der Waals surface area contributed by atoms with E-state index < -0.39 is 0 Å². The molecular formula is C14H24N4O. The SMILES string of the molecule is CC(C)N1CCCC(c2nnc3n2CC(O)CC3)C1. The van der Waals surface area contributed by atoms with Gasteiger partial charge in [0.25, 0.3) is 0 Å². The third-order valence-electron chi connectivity index (χ3n) is 4.50. The molecule has 1 aromatic heterocycles. The summed E-state index contributed by atoms with van der Waals surface area (Å²) < 4.78 is 2.17. The summed E-state index contributed by atoms with van der Waals surface area (Å²) in [6, 6.07) is 0.595. The molecule has 0 aromatic carbocycles. The zero-order chi connectivity index (χ0) is 13.4. The fraction of sp³-hybridized carbons (Fsp3) is 0.857. The summed E-state index contributed by atoms with van der Waals surface area (Å²) in [6.07, 6.45) is 3.87. The Morgan fingerprint density at radius 1 is 1.21 bits per heavy atom. The first kappa shape index (κ1) is 13.1. The number of fused-ring (bicyclic) bond motifs is 1. The van der Waals surface area contributed by atoms with Crippen LogP contribution >= 0.6 is 0 Å². The molecule has 0 aliphatic carbocycles. The number of aliphatic hydroxyl groups is 1. The van der Waals surface area contributed by atoms with Crippen LogP contribution in [0, 0.1) is 0 Å². The quantitative estimate of drug-likeness (QED) is 0.871. The van der Waals surface area contributed by atoms with Crippen molar-refractivity contribution in [2.45, 2.75) is 64.1 Å². The van der Waals surface area contributed by atoms with E-state index in [4.69, 9.17) is 0 Å². The minimum atomic E-state index is -0.230. The molecule has 5 heteroatoms. The monoisotopic (exact) mass is 264 g/mol. The first-order valence-corrected chi connectivity index (χ1v) is 7.49. The van der Waals surface area contributed by atoms with E-state index in [0.717, 1.165) is 31.0 Å². The van der Waals surface area contributed by atoms with Crippen LogP contribution in [-0.4, -0.2) is 50.0 Å². The normalized spacial score (nSPS) is 28.6. The fourth-order valence-corrected chi connectivity index (χ4v) is 3.32. The third kappa shape index (κ3) is 2.54. The molecule has 2 aliphatic heterocycles.